The van der Waals surface area contributed by atoms with Crippen molar-refractivity contribution in [2.24, 2.45) is 4.99 Å². The van der Waals surface area contributed by atoms with Crippen LogP contribution in [-0.2, 0) is 10.2 Å². The Labute approximate surface area is 150 Å². The van der Waals surface area contributed by atoms with Crippen molar-refractivity contribution in [2.75, 3.05) is 46.9 Å². The third-order valence-corrected chi connectivity index (χ3v) is 5.68. The highest BCUT2D eigenvalue weighted by molar-refractivity contribution is 7.10. The molecule has 2 rings (SSSR count). The maximum atomic E-state index is 5.21. The Bertz CT molecular complexity index is 497. The molecule has 1 heterocycles. The second-order valence-corrected chi connectivity index (χ2v) is 7.92. The van der Waals surface area contributed by atoms with Crippen molar-refractivity contribution in [1.82, 2.24) is 15.5 Å². The smallest absolute Gasteiger partial charge is 0.191 e. The molecule has 2 N–H and O–H groups in total. The highest BCUT2D eigenvalue weighted by Crippen LogP contribution is 2.27. The third kappa shape index (κ3) is 6.07. The van der Waals surface area contributed by atoms with Crippen LogP contribution in [0.4, 0.5) is 0 Å². The summed E-state index contributed by atoms with van der Waals surface area (Å²) in [5, 5.41) is 9.03. The van der Waals surface area contributed by atoms with Gasteiger partial charge in [-0.3, -0.25) is 9.89 Å². The molecule has 0 bridgehead atoms. The van der Waals surface area contributed by atoms with Crippen LogP contribution in [0.1, 0.15) is 31.6 Å². The van der Waals surface area contributed by atoms with Gasteiger partial charge in [-0.15, -0.1) is 11.3 Å². The van der Waals surface area contributed by atoms with Gasteiger partial charge in [-0.2, -0.15) is 0 Å². The van der Waals surface area contributed by atoms with E-state index in [1.54, 1.807) is 7.11 Å². The molecule has 5 nitrogen and oxygen atoms in total. The summed E-state index contributed by atoms with van der Waals surface area (Å²) < 4.78 is 5.21. The van der Waals surface area contributed by atoms with Gasteiger partial charge in [-0.25, -0.2) is 0 Å². The van der Waals surface area contributed by atoms with Crippen molar-refractivity contribution in [3.05, 3.63) is 22.4 Å². The largest absolute Gasteiger partial charge is 0.383 e. The van der Waals surface area contributed by atoms with Gasteiger partial charge in [0.1, 0.15) is 0 Å². The van der Waals surface area contributed by atoms with E-state index in [0.29, 0.717) is 0 Å². The van der Waals surface area contributed by atoms with Crippen molar-refractivity contribution < 1.29 is 4.74 Å². The normalized spacial score (nSPS) is 15.8. The number of ether oxygens (including phenoxy) is 1. The van der Waals surface area contributed by atoms with E-state index < -0.39 is 0 Å². The average molecular weight is 353 g/mol. The first-order valence-corrected chi connectivity index (χ1v) is 9.66. The van der Waals surface area contributed by atoms with Crippen LogP contribution in [0.5, 0.6) is 0 Å². The molecule has 1 aliphatic carbocycles. The fraction of sp³-hybridized carbons (Fsp3) is 0.722. The predicted molar refractivity (Wildman–Crippen MR) is 103 cm³/mol. The first-order chi connectivity index (χ1) is 11.6. The minimum atomic E-state index is 0.101. The molecule has 1 fully saturated rings. The molecule has 0 atom stereocenters. The topological polar surface area (TPSA) is 48.9 Å². The standard InChI is InChI=1S/C18H32N4OS/c1-18(2,16-6-5-13-24-16)14-21-17(19-3)20-9-10-22(11-12-23-4)15-7-8-15/h5-6,13,15H,7-12,14H2,1-4H3,(H2,19,20,21). The Hall–Kier alpha value is -1.11. The average Bonchev–Trinajstić information content (AvgIpc) is 3.25. The van der Waals surface area contributed by atoms with Crippen LogP contribution < -0.4 is 10.6 Å². The van der Waals surface area contributed by atoms with Crippen LogP contribution in [0.2, 0.25) is 0 Å². The van der Waals surface area contributed by atoms with Crippen LogP contribution in [0.15, 0.2) is 22.5 Å². The van der Waals surface area contributed by atoms with Crippen LogP contribution in [-0.4, -0.2) is 63.8 Å². The highest BCUT2D eigenvalue weighted by atomic mass is 32.1. The number of thiophene rings is 1. The summed E-state index contributed by atoms with van der Waals surface area (Å²) in [6.07, 6.45) is 2.65. The number of nitrogens with zero attached hydrogens (tertiary/aromatic N) is 2. The Morgan fingerprint density at radius 2 is 2.17 bits per heavy atom. The molecule has 1 aliphatic rings. The lowest BCUT2D eigenvalue weighted by atomic mass is 9.91. The summed E-state index contributed by atoms with van der Waals surface area (Å²) in [7, 11) is 3.60. The summed E-state index contributed by atoms with van der Waals surface area (Å²) >= 11 is 1.81. The molecule has 0 spiro atoms. The number of nitrogens with one attached hydrogen (secondary N) is 2. The van der Waals surface area contributed by atoms with E-state index in [4.69, 9.17) is 4.74 Å². The molecule has 0 aromatic carbocycles. The Morgan fingerprint density at radius 3 is 2.75 bits per heavy atom. The molecule has 0 amide bonds. The molecule has 0 saturated heterocycles. The van der Waals surface area contributed by atoms with E-state index in [-0.39, 0.29) is 5.41 Å². The summed E-state index contributed by atoms with van der Waals surface area (Å²) in [4.78, 5) is 8.25. The Morgan fingerprint density at radius 1 is 1.38 bits per heavy atom. The highest BCUT2D eigenvalue weighted by Gasteiger charge is 2.28. The summed E-state index contributed by atoms with van der Waals surface area (Å²) in [6, 6.07) is 5.07. The maximum absolute atomic E-state index is 5.21. The molecule has 6 heteroatoms. The fourth-order valence-electron chi connectivity index (χ4n) is 2.72. The zero-order valence-electron chi connectivity index (χ0n) is 15.5. The third-order valence-electron chi connectivity index (χ3n) is 4.45. The van der Waals surface area contributed by atoms with Gasteiger partial charge in [0, 0.05) is 56.7 Å². The van der Waals surface area contributed by atoms with E-state index in [1.807, 2.05) is 18.4 Å². The van der Waals surface area contributed by atoms with Crippen molar-refractivity contribution in [2.45, 2.75) is 38.1 Å². The van der Waals surface area contributed by atoms with Gasteiger partial charge in [-0.05, 0) is 24.3 Å². The van der Waals surface area contributed by atoms with Crippen LogP contribution >= 0.6 is 11.3 Å². The lowest BCUT2D eigenvalue weighted by Crippen LogP contribution is -2.46. The van der Waals surface area contributed by atoms with Crippen LogP contribution in [0.3, 0.4) is 0 Å². The second kappa shape index (κ2) is 9.39. The van der Waals surface area contributed by atoms with Gasteiger partial charge in [-0.1, -0.05) is 19.9 Å². The van der Waals surface area contributed by atoms with Gasteiger partial charge in [0.15, 0.2) is 5.96 Å². The summed E-state index contributed by atoms with van der Waals surface area (Å²) in [5.74, 6) is 0.877. The van der Waals surface area contributed by atoms with Crippen molar-refractivity contribution >= 4 is 17.3 Å². The molecule has 1 saturated carbocycles. The zero-order valence-corrected chi connectivity index (χ0v) is 16.3. The molecular formula is C18H32N4OS. The molecule has 0 aliphatic heterocycles. The lowest BCUT2D eigenvalue weighted by Gasteiger charge is -2.26. The van der Waals surface area contributed by atoms with Crippen LogP contribution in [0, 0.1) is 0 Å². The number of hydrogen-bond acceptors (Lipinski definition) is 4. The van der Waals surface area contributed by atoms with E-state index >= 15 is 0 Å². The summed E-state index contributed by atoms with van der Waals surface area (Å²) in [5.41, 5.74) is 0.101. The number of methoxy groups -OCH3 is 1. The molecule has 1 aromatic heterocycles. The van der Waals surface area contributed by atoms with Crippen molar-refractivity contribution in [3.8, 4) is 0 Å². The monoisotopic (exact) mass is 352 g/mol. The summed E-state index contributed by atoms with van der Waals surface area (Å²) in [6.45, 7) is 9.14. The lowest BCUT2D eigenvalue weighted by molar-refractivity contribution is 0.144. The molecular weight excluding hydrogens is 320 g/mol. The zero-order chi connectivity index (χ0) is 17.4. The molecule has 136 valence electrons. The van der Waals surface area contributed by atoms with E-state index in [0.717, 1.165) is 44.8 Å². The Balaban J connectivity index is 1.72. The maximum Gasteiger partial charge on any atom is 0.191 e. The number of guanidine groups is 1. The van der Waals surface area contributed by atoms with Gasteiger partial charge >= 0.3 is 0 Å². The van der Waals surface area contributed by atoms with Crippen molar-refractivity contribution in [1.29, 1.82) is 0 Å². The minimum Gasteiger partial charge on any atom is -0.383 e. The van der Waals surface area contributed by atoms with E-state index in [9.17, 15) is 0 Å². The van der Waals surface area contributed by atoms with E-state index in [1.165, 1.54) is 17.7 Å². The van der Waals surface area contributed by atoms with Gasteiger partial charge in [0.05, 0.1) is 6.61 Å². The fourth-order valence-corrected chi connectivity index (χ4v) is 3.57. The molecule has 1 aromatic rings. The number of aliphatic imine (C=N–C) groups is 1. The molecule has 0 radical (unpaired) electrons. The van der Waals surface area contributed by atoms with Gasteiger partial charge in [0.25, 0.3) is 0 Å². The van der Waals surface area contributed by atoms with Crippen molar-refractivity contribution in [3.63, 3.8) is 0 Å². The SMILES string of the molecule is CN=C(NCCN(CCOC)C1CC1)NCC(C)(C)c1cccs1. The Kier molecular flexibility index (Phi) is 7.52. The first-order valence-electron chi connectivity index (χ1n) is 8.78. The van der Waals surface area contributed by atoms with E-state index in [2.05, 4.69) is 51.9 Å². The second-order valence-electron chi connectivity index (χ2n) is 6.97. The number of hydrogen-bond donors (Lipinski definition) is 2. The quantitative estimate of drug-likeness (QED) is 0.501. The van der Waals surface area contributed by atoms with Gasteiger partial charge < -0.3 is 15.4 Å². The first kappa shape index (κ1) is 19.2. The number of rotatable bonds is 10. The molecule has 0 unspecified atom stereocenters. The predicted octanol–water partition coefficient (Wildman–Crippen LogP) is 2.30. The van der Waals surface area contributed by atoms with Crippen LogP contribution in [0.25, 0.3) is 0 Å². The molecule has 24 heavy (non-hydrogen) atoms. The minimum absolute atomic E-state index is 0.101. The van der Waals surface area contributed by atoms with Gasteiger partial charge in [0.2, 0.25) is 0 Å².